The fourth-order valence-corrected chi connectivity index (χ4v) is 1.84. The number of carbonyl (C=O) groups is 1. The average molecular weight is 237 g/mol. The summed E-state index contributed by atoms with van der Waals surface area (Å²) >= 11 is 0. The van der Waals surface area contributed by atoms with Crippen molar-refractivity contribution in [1.29, 1.82) is 0 Å². The molecule has 0 amide bonds. The normalized spacial score (nSPS) is 14.2. The number of carboxylic acid groups (broad SMARTS) is 1. The predicted molar refractivity (Wildman–Crippen MR) is 60.9 cm³/mol. The number of ether oxygens (including phenoxy) is 1. The maximum Gasteiger partial charge on any atom is 0.305 e. The molecule has 1 aliphatic heterocycles. The summed E-state index contributed by atoms with van der Waals surface area (Å²) in [5, 5.41) is 8.66. The van der Waals surface area contributed by atoms with Gasteiger partial charge < -0.3 is 14.7 Å². The lowest BCUT2D eigenvalue weighted by molar-refractivity contribution is -0.136. The largest absolute Gasteiger partial charge is 0.481 e. The summed E-state index contributed by atoms with van der Waals surface area (Å²) in [5.74, 6) is -0.0352. The molecular weight excluding hydrogens is 222 g/mol. The van der Waals surface area contributed by atoms with Gasteiger partial charge in [0.1, 0.15) is 12.1 Å². The molecule has 1 aromatic rings. The van der Waals surface area contributed by atoms with Crippen molar-refractivity contribution < 1.29 is 14.6 Å². The fraction of sp³-hybridized carbons (Fsp3) is 0.545. The van der Waals surface area contributed by atoms with Gasteiger partial charge in [0.15, 0.2) is 0 Å². The van der Waals surface area contributed by atoms with E-state index in [9.17, 15) is 4.79 Å². The number of hydrogen-bond acceptors (Lipinski definition) is 5. The van der Waals surface area contributed by atoms with Crippen LogP contribution in [0.5, 0.6) is 0 Å². The minimum atomic E-state index is -0.809. The molecule has 0 aliphatic carbocycles. The van der Waals surface area contributed by atoms with Gasteiger partial charge in [-0.25, -0.2) is 9.97 Å². The van der Waals surface area contributed by atoms with Crippen LogP contribution in [0.2, 0.25) is 0 Å². The topological polar surface area (TPSA) is 75.6 Å². The van der Waals surface area contributed by atoms with E-state index in [2.05, 4.69) is 9.97 Å². The number of nitrogens with zero attached hydrogens (tertiary/aromatic N) is 3. The second-order valence-corrected chi connectivity index (χ2v) is 3.99. The molecule has 0 saturated heterocycles. The lowest BCUT2D eigenvalue weighted by Gasteiger charge is -2.24. The Morgan fingerprint density at radius 3 is 3.18 bits per heavy atom. The third-order valence-electron chi connectivity index (χ3n) is 2.76. The highest BCUT2D eigenvalue weighted by molar-refractivity contribution is 5.67. The van der Waals surface area contributed by atoms with Crippen LogP contribution < -0.4 is 4.90 Å². The Hall–Kier alpha value is -1.69. The molecule has 17 heavy (non-hydrogen) atoms. The Kier molecular flexibility index (Phi) is 3.53. The van der Waals surface area contributed by atoms with E-state index < -0.39 is 5.97 Å². The molecule has 0 aromatic carbocycles. The quantitative estimate of drug-likeness (QED) is 0.820. The van der Waals surface area contributed by atoms with Crippen molar-refractivity contribution >= 4 is 11.8 Å². The maximum absolute atomic E-state index is 10.5. The standard InChI is InChI=1S/C11H15N3O3/c1-14(4-2-10(15)16)11-8-6-17-5-3-9(8)12-7-13-11/h7H,2-6H2,1H3,(H,15,16). The van der Waals surface area contributed by atoms with Crippen molar-refractivity contribution in [3.8, 4) is 0 Å². The van der Waals surface area contributed by atoms with Crippen LogP contribution in [0, 0.1) is 0 Å². The van der Waals surface area contributed by atoms with Crippen molar-refractivity contribution in [3.63, 3.8) is 0 Å². The van der Waals surface area contributed by atoms with Crippen molar-refractivity contribution in [1.82, 2.24) is 9.97 Å². The number of carboxylic acids is 1. The number of aliphatic carboxylic acids is 1. The third kappa shape index (κ3) is 2.71. The van der Waals surface area contributed by atoms with Gasteiger partial charge >= 0.3 is 5.97 Å². The van der Waals surface area contributed by atoms with Gasteiger partial charge in [0, 0.05) is 25.6 Å². The van der Waals surface area contributed by atoms with Gasteiger partial charge in [-0.2, -0.15) is 0 Å². The van der Waals surface area contributed by atoms with Crippen molar-refractivity contribution in [2.75, 3.05) is 25.1 Å². The molecule has 2 heterocycles. The van der Waals surface area contributed by atoms with E-state index in [1.54, 1.807) is 0 Å². The van der Waals surface area contributed by atoms with Gasteiger partial charge in [0.05, 0.1) is 25.3 Å². The molecule has 1 N–H and O–H groups in total. The van der Waals surface area contributed by atoms with Gasteiger partial charge in [0.2, 0.25) is 0 Å². The Morgan fingerprint density at radius 1 is 1.59 bits per heavy atom. The number of rotatable bonds is 4. The molecule has 0 saturated carbocycles. The number of hydrogen-bond donors (Lipinski definition) is 1. The molecule has 0 radical (unpaired) electrons. The molecule has 1 aromatic heterocycles. The number of anilines is 1. The third-order valence-corrected chi connectivity index (χ3v) is 2.76. The summed E-state index contributed by atoms with van der Waals surface area (Å²) in [6.45, 7) is 1.62. The smallest absolute Gasteiger partial charge is 0.305 e. The predicted octanol–water partition coefficient (Wildman–Crippen LogP) is 0.460. The minimum Gasteiger partial charge on any atom is -0.481 e. The summed E-state index contributed by atoms with van der Waals surface area (Å²) in [6, 6.07) is 0. The monoisotopic (exact) mass is 237 g/mol. The molecule has 0 bridgehead atoms. The Balaban J connectivity index is 2.17. The Bertz CT molecular complexity index is 422. The molecule has 2 rings (SSSR count). The van der Waals surface area contributed by atoms with Crippen LogP contribution in [0.15, 0.2) is 6.33 Å². The van der Waals surface area contributed by atoms with E-state index in [4.69, 9.17) is 9.84 Å². The lowest BCUT2D eigenvalue weighted by atomic mass is 10.1. The maximum atomic E-state index is 10.5. The van der Waals surface area contributed by atoms with Crippen LogP contribution in [0.4, 0.5) is 5.82 Å². The molecule has 92 valence electrons. The molecule has 6 heteroatoms. The van der Waals surface area contributed by atoms with E-state index in [0.717, 1.165) is 23.5 Å². The fourth-order valence-electron chi connectivity index (χ4n) is 1.84. The van der Waals surface area contributed by atoms with E-state index >= 15 is 0 Å². The molecule has 0 unspecified atom stereocenters. The zero-order valence-corrected chi connectivity index (χ0v) is 9.72. The highest BCUT2D eigenvalue weighted by Crippen LogP contribution is 2.23. The second-order valence-electron chi connectivity index (χ2n) is 3.99. The van der Waals surface area contributed by atoms with Gasteiger partial charge in [-0.15, -0.1) is 0 Å². The molecular formula is C11H15N3O3. The Labute approximate surface area is 99.2 Å². The van der Waals surface area contributed by atoms with Crippen molar-refractivity contribution in [3.05, 3.63) is 17.6 Å². The summed E-state index contributed by atoms with van der Waals surface area (Å²) in [5.41, 5.74) is 1.98. The van der Waals surface area contributed by atoms with Crippen LogP contribution in [-0.4, -0.2) is 41.2 Å². The first-order valence-electron chi connectivity index (χ1n) is 5.52. The molecule has 0 spiro atoms. The highest BCUT2D eigenvalue weighted by Gasteiger charge is 2.18. The molecule has 0 atom stereocenters. The second kappa shape index (κ2) is 5.09. The number of aromatic nitrogens is 2. The van der Waals surface area contributed by atoms with E-state index in [-0.39, 0.29) is 6.42 Å². The molecule has 6 nitrogen and oxygen atoms in total. The van der Waals surface area contributed by atoms with Crippen molar-refractivity contribution in [2.24, 2.45) is 0 Å². The zero-order chi connectivity index (χ0) is 12.3. The van der Waals surface area contributed by atoms with E-state index in [1.807, 2.05) is 11.9 Å². The van der Waals surface area contributed by atoms with Crippen LogP contribution in [0.3, 0.4) is 0 Å². The average Bonchev–Trinajstić information content (AvgIpc) is 2.35. The SMILES string of the molecule is CN(CCC(=O)O)c1ncnc2c1COCC2. The van der Waals surface area contributed by atoms with Crippen LogP contribution in [0.1, 0.15) is 17.7 Å². The van der Waals surface area contributed by atoms with Gasteiger partial charge in [-0.05, 0) is 0 Å². The van der Waals surface area contributed by atoms with Gasteiger partial charge in [-0.3, -0.25) is 4.79 Å². The van der Waals surface area contributed by atoms with E-state index in [0.29, 0.717) is 19.8 Å². The molecule has 0 fully saturated rings. The summed E-state index contributed by atoms with van der Waals surface area (Å²) in [7, 11) is 1.83. The summed E-state index contributed by atoms with van der Waals surface area (Å²) < 4.78 is 5.39. The summed E-state index contributed by atoms with van der Waals surface area (Å²) in [6.07, 6.45) is 2.41. The summed E-state index contributed by atoms with van der Waals surface area (Å²) in [4.78, 5) is 20.8. The molecule has 1 aliphatic rings. The first kappa shape index (κ1) is 11.8. The van der Waals surface area contributed by atoms with Gasteiger partial charge in [-0.1, -0.05) is 0 Å². The van der Waals surface area contributed by atoms with Crippen LogP contribution >= 0.6 is 0 Å². The highest BCUT2D eigenvalue weighted by atomic mass is 16.5. The first-order chi connectivity index (χ1) is 8.18. The van der Waals surface area contributed by atoms with Gasteiger partial charge in [0.25, 0.3) is 0 Å². The Morgan fingerprint density at radius 2 is 2.41 bits per heavy atom. The lowest BCUT2D eigenvalue weighted by Crippen LogP contribution is -2.25. The van der Waals surface area contributed by atoms with E-state index in [1.165, 1.54) is 6.33 Å². The van der Waals surface area contributed by atoms with Crippen molar-refractivity contribution in [2.45, 2.75) is 19.4 Å². The van der Waals surface area contributed by atoms with Crippen LogP contribution in [-0.2, 0) is 22.6 Å². The first-order valence-corrected chi connectivity index (χ1v) is 5.52. The number of fused-ring (bicyclic) bond motifs is 1. The minimum absolute atomic E-state index is 0.0934. The zero-order valence-electron chi connectivity index (χ0n) is 9.72. The van der Waals surface area contributed by atoms with Crippen LogP contribution in [0.25, 0.3) is 0 Å².